The van der Waals surface area contributed by atoms with Gasteiger partial charge in [-0.15, -0.1) is 0 Å². The van der Waals surface area contributed by atoms with Gasteiger partial charge >= 0.3 is 0 Å². The van der Waals surface area contributed by atoms with E-state index in [1.54, 1.807) is 18.2 Å². The fourth-order valence-electron chi connectivity index (χ4n) is 2.27. The van der Waals surface area contributed by atoms with Gasteiger partial charge in [0.2, 0.25) is 0 Å². The minimum Gasteiger partial charge on any atom is -0.496 e. The maximum absolute atomic E-state index is 12.7. The summed E-state index contributed by atoms with van der Waals surface area (Å²) < 4.78 is 11.1. The van der Waals surface area contributed by atoms with Crippen LogP contribution in [0.1, 0.15) is 36.7 Å². The molecule has 129 valence electrons. The number of benzene rings is 2. The molecule has 0 amide bonds. The van der Waals surface area contributed by atoms with Gasteiger partial charge in [0.1, 0.15) is 17.1 Å². The number of aryl methyl sites for hydroxylation is 1. The molecule has 0 aliphatic heterocycles. The van der Waals surface area contributed by atoms with E-state index in [9.17, 15) is 4.79 Å². The van der Waals surface area contributed by atoms with Crippen molar-refractivity contribution in [2.75, 3.05) is 7.11 Å². The van der Waals surface area contributed by atoms with Crippen LogP contribution in [-0.2, 0) is 0 Å². The van der Waals surface area contributed by atoms with Gasteiger partial charge in [0.25, 0.3) is 0 Å². The third-order valence-electron chi connectivity index (χ3n) is 3.29. The Morgan fingerprint density at radius 1 is 1.16 bits per heavy atom. The number of halogens is 1. The minimum atomic E-state index is -0.253. The summed E-state index contributed by atoms with van der Waals surface area (Å²) >= 11 is 6.19. The maximum atomic E-state index is 12.7. The van der Waals surface area contributed by atoms with Crippen molar-refractivity contribution in [3.8, 4) is 11.5 Å². The second-order valence-electron chi connectivity index (χ2n) is 6.46. The fraction of sp³-hybridized carbons (Fsp3) is 0.316. The average molecular weight is 372 g/mol. The van der Waals surface area contributed by atoms with Crippen LogP contribution in [0.5, 0.6) is 11.5 Å². The SMILES string of the molecule is COc1cccc(Cl)c1C(=O)Pc1ccc(OC(C)(C)C)cc1C.[Li]. The molecule has 3 nitrogen and oxygen atoms in total. The second kappa shape index (κ2) is 9.11. The molecule has 2 aromatic carbocycles. The number of ether oxygens (including phenoxy) is 2. The number of rotatable bonds is 5. The van der Waals surface area contributed by atoms with E-state index in [1.807, 2.05) is 45.9 Å². The van der Waals surface area contributed by atoms with Crippen molar-refractivity contribution in [3.63, 3.8) is 0 Å². The predicted octanol–water partition coefficient (Wildman–Crippen LogP) is 4.60. The fourth-order valence-corrected chi connectivity index (χ4v) is 3.67. The van der Waals surface area contributed by atoms with E-state index < -0.39 is 0 Å². The molecule has 6 heteroatoms. The molecule has 0 saturated heterocycles. The Labute approximate surface area is 168 Å². The van der Waals surface area contributed by atoms with E-state index in [0.717, 1.165) is 16.6 Å². The summed E-state index contributed by atoms with van der Waals surface area (Å²) in [5, 5.41) is 1.39. The van der Waals surface area contributed by atoms with E-state index in [2.05, 4.69) is 0 Å². The summed E-state index contributed by atoms with van der Waals surface area (Å²) in [5.74, 6) is 1.31. The normalized spacial score (nSPS) is 11.3. The Balaban J connectivity index is 0.00000312. The van der Waals surface area contributed by atoms with Gasteiger partial charge in [-0.25, -0.2) is 0 Å². The number of methoxy groups -OCH3 is 1. The molecule has 2 aromatic rings. The van der Waals surface area contributed by atoms with E-state index in [4.69, 9.17) is 21.1 Å². The first-order valence-corrected chi connectivity index (χ1v) is 9.02. The number of hydrogen-bond acceptors (Lipinski definition) is 3. The smallest absolute Gasteiger partial charge is 0.190 e. The van der Waals surface area contributed by atoms with Crippen molar-refractivity contribution in [1.82, 2.24) is 0 Å². The van der Waals surface area contributed by atoms with Crippen molar-refractivity contribution in [3.05, 3.63) is 52.5 Å². The Morgan fingerprint density at radius 2 is 1.84 bits per heavy atom. The summed E-state index contributed by atoms with van der Waals surface area (Å²) in [7, 11) is 1.51. The van der Waals surface area contributed by atoms with Crippen LogP contribution in [0.2, 0.25) is 5.02 Å². The third kappa shape index (κ3) is 6.05. The van der Waals surface area contributed by atoms with Crippen LogP contribution >= 0.6 is 20.2 Å². The van der Waals surface area contributed by atoms with E-state index in [1.165, 1.54) is 7.11 Å². The van der Waals surface area contributed by atoms with Crippen LogP contribution < -0.4 is 14.8 Å². The summed E-state index contributed by atoms with van der Waals surface area (Å²) in [6, 6.07) is 11.0. The molecule has 0 heterocycles. The summed E-state index contributed by atoms with van der Waals surface area (Å²) in [5.41, 5.74) is 1.17. The summed E-state index contributed by atoms with van der Waals surface area (Å²) in [4.78, 5) is 12.7. The monoisotopic (exact) mass is 371 g/mol. The third-order valence-corrected chi connectivity index (χ3v) is 4.91. The number of hydrogen-bond donors (Lipinski definition) is 0. The van der Waals surface area contributed by atoms with Crippen LogP contribution in [-0.4, -0.2) is 37.1 Å². The largest absolute Gasteiger partial charge is 0.496 e. The van der Waals surface area contributed by atoms with Gasteiger partial charge in [-0.05, 0) is 71.4 Å². The van der Waals surface area contributed by atoms with Gasteiger partial charge in [0.05, 0.1) is 17.7 Å². The zero-order valence-electron chi connectivity index (χ0n) is 15.6. The molecule has 0 bridgehead atoms. The molecule has 0 fully saturated rings. The van der Waals surface area contributed by atoms with E-state index >= 15 is 0 Å². The van der Waals surface area contributed by atoms with Gasteiger partial charge < -0.3 is 9.47 Å². The molecule has 0 aromatic heterocycles. The molecule has 0 aliphatic rings. The Hall–Kier alpha value is -0.973. The molecular weight excluding hydrogens is 350 g/mol. The zero-order chi connectivity index (χ0) is 17.9. The Kier molecular flexibility index (Phi) is 8.04. The van der Waals surface area contributed by atoms with Gasteiger partial charge in [-0.1, -0.05) is 23.7 Å². The summed E-state index contributed by atoms with van der Waals surface area (Å²) in [6.07, 6.45) is 0. The second-order valence-corrected chi connectivity index (χ2v) is 8.11. The molecule has 25 heavy (non-hydrogen) atoms. The molecule has 1 atom stereocenters. The molecule has 2 rings (SSSR count). The molecule has 0 spiro atoms. The molecule has 1 radical (unpaired) electrons. The molecule has 0 aliphatic carbocycles. The van der Waals surface area contributed by atoms with Gasteiger partial charge in [0.15, 0.2) is 5.52 Å². The average Bonchev–Trinajstić information content (AvgIpc) is 2.48. The van der Waals surface area contributed by atoms with Crippen LogP contribution in [0.25, 0.3) is 0 Å². The topological polar surface area (TPSA) is 35.5 Å². The van der Waals surface area contributed by atoms with Crippen LogP contribution in [0.3, 0.4) is 0 Å². The molecule has 0 N–H and O–H groups in total. The molecule has 0 saturated carbocycles. The van der Waals surface area contributed by atoms with Crippen molar-refractivity contribution in [1.29, 1.82) is 0 Å². The molecular formula is C19H22ClLiO3P. The minimum absolute atomic E-state index is 0. The van der Waals surface area contributed by atoms with E-state index in [0.29, 0.717) is 16.3 Å². The van der Waals surface area contributed by atoms with Crippen molar-refractivity contribution >= 4 is 49.9 Å². The van der Waals surface area contributed by atoms with E-state index in [-0.39, 0.29) is 38.6 Å². The quantitative estimate of drug-likeness (QED) is 0.569. The van der Waals surface area contributed by atoms with Gasteiger partial charge in [-0.3, -0.25) is 4.79 Å². The van der Waals surface area contributed by atoms with Gasteiger partial charge in [0, 0.05) is 18.9 Å². The standard InChI is InChI=1S/C19H22ClO3P.Li/c1-12-11-13(23-19(2,3)4)9-10-16(12)24-18(21)17-14(20)7-6-8-15(17)22-5;/h6-11,24H,1-5H3;. The predicted molar refractivity (Wildman–Crippen MR) is 108 cm³/mol. The van der Waals surface area contributed by atoms with Crippen molar-refractivity contribution in [2.45, 2.75) is 33.3 Å². The first-order valence-electron chi connectivity index (χ1n) is 7.65. The molecule has 1 unspecified atom stereocenters. The van der Waals surface area contributed by atoms with Crippen LogP contribution in [0.4, 0.5) is 0 Å². The number of carbonyl (C=O) groups excluding carboxylic acids is 1. The van der Waals surface area contributed by atoms with Crippen molar-refractivity contribution in [2.24, 2.45) is 0 Å². The van der Waals surface area contributed by atoms with Crippen molar-refractivity contribution < 1.29 is 14.3 Å². The van der Waals surface area contributed by atoms with Crippen LogP contribution in [0, 0.1) is 6.92 Å². The zero-order valence-corrected chi connectivity index (χ0v) is 17.3. The van der Waals surface area contributed by atoms with Crippen LogP contribution in [0.15, 0.2) is 36.4 Å². The first kappa shape index (κ1) is 22.1. The maximum Gasteiger partial charge on any atom is 0.190 e. The first-order chi connectivity index (χ1) is 11.2. The Morgan fingerprint density at radius 3 is 2.40 bits per heavy atom. The summed E-state index contributed by atoms with van der Waals surface area (Å²) in [6.45, 7) is 8.00. The Bertz CT molecular complexity index is 757. The number of carbonyl (C=O) groups is 1. The van der Waals surface area contributed by atoms with Gasteiger partial charge in [-0.2, -0.15) is 0 Å².